The molecule has 3 rings (SSSR count). The maximum Gasteiger partial charge on any atom is 0.269 e. The molecule has 1 fully saturated rings. The van der Waals surface area contributed by atoms with E-state index < -0.39 is 0 Å². The molecular weight excluding hydrogens is 377 g/mol. The van der Waals surface area contributed by atoms with E-state index in [0.717, 1.165) is 0 Å². The van der Waals surface area contributed by atoms with Crippen LogP contribution in [0.1, 0.15) is 20.5 Å². The molecule has 0 bridgehead atoms. The molecule has 3 N–H and O–H groups in total. The fourth-order valence-corrected chi connectivity index (χ4v) is 5.25. The van der Waals surface area contributed by atoms with Crippen molar-refractivity contribution in [1.82, 2.24) is 10.9 Å². The second-order valence-corrected chi connectivity index (χ2v) is 8.37. The summed E-state index contributed by atoms with van der Waals surface area (Å²) in [6.07, 6.45) is 0. The third-order valence-corrected chi connectivity index (χ3v) is 6.77. The van der Waals surface area contributed by atoms with E-state index in [2.05, 4.69) is 16.2 Å². The Morgan fingerprint density at radius 3 is 2.28 bits per heavy atom. The number of anilines is 1. The second kappa shape index (κ2) is 8.55. The van der Waals surface area contributed by atoms with Crippen LogP contribution in [0.15, 0.2) is 48.5 Å². The Morgan fingerprint density at radius 1 is 1.00 bits per heavy atom. The van der Waals surface area contributed by atoms with E-state index in [-0.39, 0.29) is 16.8 Å². The Bertz CT molecular complexity index is 747. The van der Waals surface area contributed by atoms with Crippen LogP contribution >= 0.6 is 35.7 Å². The van der Waals surface area contributed by atoms with Gasteiger partial charge >= 0.3 is 0 Å². The van der Waals surface area contributed by atoms with Crippen molar-refractivity contribution in [3.05, 3.63) is 65.5 Å². The highest BCUT2D eigenvalue weighted by molar-refractivity contribution is 8.19. The number of halogens is 1. The lowest BCUT2D eigenvalue weighted by Crippen LogP contribution is -2.43. The Morgan fingerprint density at radius 2 is 1.64 bits per heavy atom. The summed E-state index contributed by atoms with van der Waals surface area (Å²) in [6.45, 7) is 0. The number of hydrogen-bond acceptors (Lipinski definition) is 4. The molecule has 0 saturated carbocycles. The van der Waals surface area contributed by atoms with Crippen LogP contribution in [0.25, 0.3) is 0 Å². The molecule has 1 aliphatic rings. The summed E-state index contributed by atoms with van der Waals surface area (Å²) in [7, 11) is 0. The van der Waals surface area contributed by atoms with E-state index in [1.165, 1.54) is 29.2 Å². The lowest BCUT2D eigenvalue weighted by atomic mass is 10.1. The van der Waals surface area contributed by atoms with E-state index in [1.807, 2.05) is 47.8 Å². The number of amides is 1. The number of thioether (sulfide) groups is 2. The van der Waals surface area contributed by atoms with Crippen LogP contribution in [-0.4, -0.2) is 22.5 Å². The molecule has 0 aromatic heterocycles. The van der Waals surface area contributed by atoms with Crippen LogP contribution < -0.4 is 16.2 Å². The first-order valence-electron chi connectivity index (χ1n) is 7.58. The van der Waals surface area contributed by atoms with Crippen molar-refractivity contribution in [2.24, 2.45) is 0 Å². The average molecular weight is 394 g/mol. The lowest BCUT2D eigenvalue weighted by Gasteiger charge is -2.12. The molecule has 0 spiro atoms. The van der Waals surface area contributed by atoms with Gasteiger partial charge < -0.3 is 5.32 Å². The van der Waals surface area contributed by atoms with Gasteiger partial charge in [0.1, 0.15) is 5.82 Å². The van der Waals surface area contributed by atoms with Crippen LogP contribution in [0.5, 0.6) is 0 Å². The summed E-state index contributed by atoms with van der Waals surface area (Å²) >= 11 is 8.95. The van der Waals surface area contributed by atoms with E-state index in [0.29, 0.717) is 15.8 Å². The molecule has 25 heavy (non-hydrogen) atoms. The fraction of sp³-hybridized carbons (Fsp3) is 0.176. The molecule has 1 aliphatic heterocycles. The molecule has 130 valence electrons. The molecule has 0 unspecified atom stereocenters. The number of nitrogens with one attached hydrogen (secondary N) is 3. The van der Waals surface area contributed by atoms with Gasteiger partial charge in [-0.05, 0) is 54.2 Å². The summed E-state index contributed by atoms with van der Waals surface area (Å²) in [6, 6.07) is 13.4. The van der Waals surface area contributed by atoms with Crippen LogP contribution in [0.3, 0.4) is 0 Å². The number of carbonyl (C=O) groups is 1. The summed E-state index contributed by atoms with van der Waals surface area (Å²) in [5.41, 5.74) is 7.58. The Labute approximate surface area is 159 Å². The topological polar surface area (TPSA) is 53.2 Å². The number of carbonyl (C=O) groups excluding carboxylic acids is 1. The molecule has 1 heterocycles. The van der Waals surface area contributed by atoms with Crippen LogP contribution in [0.4, 0.5) is 10.1 Å². The van der Waals surface area contributed by atoms with Gasteiger partial charge in [0.15, 0.2) is 5.11 Å². The fourth-order valence-electron chi connectivity index (χ4n) is 2.22. The van der Waals surface area contributed by atoms with Crippen molar-refractivity contribution in [3.8, 4) is 0 Å². The normalized spacial score (nSPS) is 14.1. The molecule has 1 amide bonds. The van der Waals surface area contributed by atoms with Crippen molar-refractivity contribution in [2.75, 3.05) is 16.8 Å². The molecule has 2 aromatic carbocycles. The van der Waals surface area contributed by atoms with Crippen molar-refractivity contribution in [1.29, 1.82) is 0 Å². The SMILES string of the molecule is O=C(NNC(=S)Nc1ccc(F)cc1)c1ccc(C2SCCS2)cc1. The Hall–Kier alpha value is -1.77. The number of hydrogen-bond donors (Lipinski definition) is 3. The van der Waals surface area contributed by atoms with E-state index in [4.69, 9.17) is 12.2 Å². The first kappa shape index (κ1) is 18.0. The highest BCUT2D eigenvalue weighted by Crippen LogP contribution is 2.45. The molecule has 1 saturated heterocycles. The molecule has 4 nitrogen and oxygen atoms in total. The highest BCUT2D eigenvalue weighted by Gasteiger charge is 2.18. The van der Waals surface area contributed by atoms with E-state index in [9.17, 15) is 9.18 Å². The number of thiocarbonyl (C=S) groups is 1. The quantitative estimate of drug-likeness (QED) is 0.543. The maximum absolute atomic E-state index is 12.9. The molecule has 2 aromatic rings. The van der Waals surface area contributed by atoms with Gasteiger partial charge in [-0.15, -0.1) is 23.5 Å². The molecule has 0 radical (unpaired) electrons. The summed E-state index contributed by atoms with van der Waals surface area (Å²) in [4.78, 5) is 12.2. The minimum atomic E-state index is -0.324. The molecule has 0 atom stereocenters. The third-order valence-electron chi connectivity index (χ3n) is 3.46. The van der Waals surface area contributed by atoms with Gasteiger partial charge in [-0.3, -0.25) is 15.6 Å². The van der Waals surface area contributed by atoms with Crippen molar-refractivity contribution in [2.45, 2.75) is 4.58 Å². The van der Waals surface area contributed by atoms with Gasteiger partial charge in [0, 0.05) is 22.8 Å². The van der Waals surface area contributed by atoms with Crippen molar-refractivity contribution in [3.63, 3.8) is 0 Å². The Balaban J connectivity index is 1.49. The Kier molecular flexibility index (Phi) is 6.17. The minimum Gasteiger partial charge on any atom is -0.331 e. The molecule has 8 heteroatoms. The van der Waals surface area contributed by atoms with Gasteiger partial charge in [-0.2, -0.15) is 0 Å². The lowest BCUT2D eigenvalue weighted by molar-refractivity contribution is 0.0944. The second-order valence-electron chi connectivity index (χ2n) is 5.24. The number of rotatable bonds is 3. The minimum absolute atomic E-state index is 0.218. The predicted octanol–water partition coefficient (Wildman–Crippen LogP) is 3.94. The summed E-state index contributed by atoms with van der Waals surface area (Å²) in [5, 5.41) is 3.07. The number of hydrazine groups is 1. The first-order valence-corrected chi connectivity index (χ1v) is 10.1. The average Bonchev–Trinajstić information content (AvgIpc) is 3.16. The highest BCUT2D eigenvalue weighted by atomic mass is 32.2. The summed E-state index contributed by atoms with van der Waals surface area (Å²) in [5.74, 6) is 1.73. The predicted molar refractivity (Wildman–Crippen MR) is 107 cm³/mol. The van der Waals surface area contributed by atoms with Gasteiger partial charge in [-0.25, -0.2) is 4.39 Å². The van der Waals surface area contributed by atoms with E-state index >= 15 is 0 Å². The van der Waals surface area contributed by atoms with Crippen molar-refractivity contribution < 1.29 is 9.18 Å². The third kappa shape index (κ3) is 5.10. The summed E-state index contributed by atoms with van der Waals surface area (Å²) < 4.78 is 13.3. The number of benzene rings is 2. The largest absolute Gasteiger partial charge is 0.331 e. The van der Waals surface area contributed by atoms with Crippen LogP contribution in [0.2, 0.25) is 0 Å². The molecular formula is C17H16FN3OS3. The van der Waals surface area contributed by atoms with Crippen molar-refractivity contribution >= 4 is 52.4 Å². The standard InChI is InChI=1S/C17H16FN3OS3/c18-13-5-7-14(8-6-13)19-17(23)21-20-15(22)11-1-3-12(4-2-11)16-24-9-10-25-16/h1-8,16H,9-10H2,(H,20,22)(H2,19,21,23). The van der Waals surface area contributed by atoms with Crippen LogP contribution in [-0.2, 0) is 0 Å². The van der Waals surface area contributed by atoms with Gasteiger partial charge in [0.05, 0.1) is 4.58 Å². The van der Waals surface area contributed by atoms with Crippen LogP contribution in [0, 0.1) is 5.82 Å². The smallest absolute Gasteiger partial charge is 0.269 e. The first-order chi connectivity index (χ1) is 12.1. The monoisotopic (exact) mass is 393 g/mol. The zero-order valence-electron chi connectivity index (χ0n) is 13.1. The molecule has 0 aliphatic carbocycles. The van der Waals surface area contributed by atoms with Gasteiger partial charge in [-0.1, -0.05) is 12.1 Å². The zero-order chi connectivity index (χ0) is 17.6. The van der Waals surface area contributed by atoms with Gasteiger partial charge in [0.2, 0.25) is 0 Å². The maximum atomic E-state index is 12.9. The van der Waals surface area contributed by atoms with Gasteiger partial charge in [0.25, 0.3) is 5.91 Å². The zero-order valence-corrected chi connectivity index (χ0v) is 15.6. The van der Waals surface area contributed by atoms with E-state index in [1.54, 1.807) is 12.1 Å².